The summed E-state index contributed by atoms with van der Waals surface area (Å²) >= 11 is 0. The van der Waals surface area contributed by atoms with E-state index in [4.69, 9.17) is 4.42 Å². The van der Waals surface area contributed by atoms with Crippen molar-refractivity contribution in [3.63, 3.8) is 0 Å². The third-order valence-corrected chi connectivity index (χ3v) is 3.10. The van der Waals surface area contributed by atoms with Gasteiger partial charge in [-0.2, -0.15) is 0 Å². The van der Waals surface area contributed by atoms with Gasteiger partial charge in [0, 0.05) is 18.8 Å². The zero-order valence-electron chi connectivity index (χ0n) is 11.0. The van der Waals surface area contributed by atoms with E-state index in [1.54, 1.807) is 6.26 Å². The van der Waals surface area contributed by atoms with E-state index in [0.29, 0.717) is 0 Å². The van der Waals surface area contributed by atoms with Crippen LogP contribution in [0, 0.1) is 13.8 Å². The Morgan fingerprint density at radius 2 is 1.94 bits per heavy atom. The summed E-state index contributed by atoms with van der Waals surface area (Å²) in [6.07, 6.45) is 1.70. The summed E-state index contributed by atoms with van der Waals surface area (Å²) in [6.45, 7) is 6.88. The van der Waals surface area contributed by atoms with Crippen LogP contribution >= 0.6 is 0 Å². The Balaban J connectivity index is 1.70. The summed E-state index contributed by atoms with van der Waals surface area (Å²) in [5.41, 5.74) is 3.86. The molecule has 2 aromatic rings. The van der Waals surface area contributed by atoms with Crippen LogP contribution in [-0.4, -0.2) is 13.1 Å². The lowest BCUT2D eigenvalue weighted by molar-refractivity contribution is 0.486. The Kier molecular flexibility index (Phi) is 4.42. The third-order valence-electron chi connectivity index (χ3n) is 3.10. The molecule has 0 saturated heterocycles. The maximum atomic E-state index is 5.25. The molecule has 0 saturated carbocycles. The van der Waals surface area contributed by atoms with Crippen molar-refractivity contribution in [1.29, 1.82) is 0 Å². The van der Waals surface area contributed by atoms with E-state index >= 15 is 0 Å². The molecule has 0 amide bonds. The summed E-state index contributed by atoms with van der Waals surface area (Å²) in [5, 5.41) is 6.78. The Morgan fingerprint density at radius 3 is 2.72 bits per heavy atom. The lowest BCUT2D eigenvalue weighted by atomic mass is 10.1. The van der Waals surface area contributed by atoms with Crippen LogP contribution in [0.1, 0.15) is 16.9 Å². The molecule has 1 aromatic heterocycles. The first-order valence-electron chi connectivity index (χ1n) is 6.30. The fourth-order valence-electron chi connectivity index (χ4n) is 1.85. The predicted octanol–water partition coefficient (Wildman–Crippen LogP) is 3.10. The lowest BCUT2D eigenvalue weighted by Crippen LogP contribution is -2.21. The van der Waals surface area contributed by atoms with Crippen LogP contribution in [0.15, 0.2) is 41.0 Å². The molecule has 0 aliphatic heterocycles. The van der Waals surface area contributed by atoms with Crippen molar-refractivity contribution < 1.29 is 4.42 Å². The molecule has 1 aromatic carbocycles. The molecular weight excluding hydrogens is 224 g/mol. The predicted molar refractivity (Wildman–Crippen MR) is 74.8 cm³/mol. The van der Waals surface area contributed by atoms with Crippen molar-refractivity contribution in [3.05, 3.63) is 53.5 Å². The van der Waals surface area contributed by atoms with Crippen LogP contribution < -0.4 is 10.6 Å². The molecule has 0 spiro atoms. The van der Waals surface area contributed by atoms with E-state index in [-0.39, 0.29) is 0 Å². The first-order valence-corrected chi connectivity index (χ1v) is 6.30. The first-order chi connectivity index (χ1) is 8.77. The van der Waals surface area contributed by atoms with Gasteiger partial charge in [0.05, 0.1) is 12.8 Å². The SMILES string of the molecule is Cc1cccc(NCCNCc2ccco2)c1C. The molecule has 2 N–H and O–H groups in total. The monoisotopic (exact) mass is 244 g/mol. The second kappa shape index (κ2) is 6.26. The van der Waals surface area contributed by atoms with Crippen molar-refractivity contribution in [2.24, 2.45) is 0 Å². The molecule has 0 atom stereocenters. The molecule has 3 nitrogen and oxygen atoms in total. The highest BCUT2D eigenvalue weighted by Crippen LogP contribution is 2.17. The van der Waals surface area contributed by atoms with Gasteiger partial charge in [0.25, 0.3) is 0 Å². The van der Waals surface area contributed by atoms with Gasteiger partial charge < -0.3 is 15.1 Å². The number of hydrogen-bond donors (Lipinski definition) is 2. The van der Waals surface area contributed by atoms with Gasteiger partial charge >= 0.3 is 0 Å². The van der Waals surface area contributed by atoms with Crippen LogP contribution in [0.25, 0.3) is 0 Å². The van der Waals surface area contributed by atoms with Gasteiger partial charge in [-0.3, -0.25) is 0 Å². The average Bonchev–Trinajstić information content (AvgIpc) is 2.87. The van der Waals surface area contributed by atoms with Gasteiger partial charge in [-0.25, -0.2) is 0 Å². The highest BCUT2D eigenvalue weighted by molar-refractivity contribution is 5.53. The van der Waals surface area contributed by atoms with E-state index in [1.165, 1.54) is 16.8 Å². The Labute approximate surface area is 108 Å². The van der Waals surface area contributed by atoms with Crippen LogP contribution in [0.3, 0.4) is 0 Å². The molecule has 2 rings (SSSR count). The molecule has 0 unspecified atom stereocenters. The summed E-state index contributed by atoms with van der Waals surface area (Å²) in [5.74, 6) is 0.974. The van der Waals surface area contributed by atoms with E-state index in [1.807, 2.05) is 12.1 Å². The first kappa shape index (κ1) is 12.7. The van der Waals surface area contributed by atoms with Crippen LogP contribution in [0.5, 0.6) is 0 Å². The van der Waals surface area contributed by atoms with Crippen LogP contribution in [-0.2, 0) is 6.54 Å². The largest absolute Gasteiger partial charge is 0.468 e. The minimum absolute atomic E-state index is 0.779. The molecule has 0 fully saturated rings. The smallest absolute Gasteiger partial charge is 0.117 e. The van der Waals surface area contributed by atoms with Gasteiger partial charge in [-0.1, -0.05) is 12.1 Å². The zero-order chi connectivity index (χ0) is 12.8. The van der Waals surface area contributed by atoms with E-state index < -0.39 is 0 Å². The van der Waals surface area contributed by atoms with Crippen molar-refractivity contribution in [2.75, 3.05) is 18.4 Å². The number of furan rings is 1. The lowest BCUT2D eigenvalue weighted by Gasteiger charge is -2.11. The topological polar surface area (TPSA) is 37.2 Å². The van der Waals surface area contributed by atoms with Gasteiger partial charge in [0.15, 0.2) is 0 Å². The normalized spacial score (nSPS) is 10.6. The molecule has 0 aliphatic rings. The van der Waals surface area contributed by atoms with Crippen molar-refractivity contribution in [1.82, 2.24) is 5.32 Å². The maximum Gasteiger partial charge on any atom is 0.117 e. The summed E-state index contributed by atoms with van der Waals surface area (Å²) < 4.78 is 5.25. The molecule has 18 heavy (non-hydrogen) atoms. The standard InChI is InChI=1S/C15H20N2O/c1-12-5-3-7-15(13(12)2)17-9-8-16-11-14-6-4-10-18-14/h3-7,10,16-17H,8-9,11H2,1-2H3. The summed E-state index contributed by atoms with van der Waals surface area (Å²) in [7, 11) is 0. The molecule has 96 valence electrons. The summed E-state index contributed by atoms with van der Waals surface area (Å²) in [6, 6.07) is 10.2. The van der Waals surface area contributed by atoms with Gasteiger partial charge in [0.2, 0.25) is 0 Å². The minimum atomic E-state index is 0.779. The third kappa shape index (κ3) is 3.37. The average molecular weight is 244 g/mol. The van der Waals surface area contributed by atoms with E-state index in [0.717, 1.165) is 25.4 Å². The number of rotatable bonds is 6. The van der Waals surface area contributed by atoms with Gasteiger partial charge in [-0.15, -0.1) is 0 Å². The number of nitrogens with one attached hydrogen (secondary N) is 2. The number of aryl methyl sites for hydroxylation is 1. The van der Waals surface area contributed by atoms with Crippen LogP contribution in [0.4, 0.5) is 5.69 Å². The molecule has 3 heteroatoms. The molecule has 0 radical (unpaired) electrons. The number of benzene rings is 1. The molecule has 0 aliphatic carbocycles. The molecule has 1 heterocycles. The maximum absolute atomic E-state index is 5.25. The number of anilines is 1. The highest BCUT2D eigenvalue weighted by Gasteiger charge is 1.99. The van der Waals surface area contributed by atoms with E-state index in [2.05, 4.69) is 42.7 Å². The quantitative estimate of drug-likeness (QED) is 0.767. The van der Waals surface area contributed by atoms with Crippen LogP contribution in [0.2, 0.25) is 0 Å². The fraction of sp³-hybridized carbons (Fsp3) is 0.333. The number of hydrogen-bond acceptors (Lipinski definition) is 3. The zero-order valence-corrected chi connectivity index (χ0v) is 11.0. The van der Waals surface area contributed by atoms with Gasteiger partial charge in [0.1, 0.15) is 5.76 Å². The highest BCUT2D eigenvalue weighted by atomic mass is 16.3. The Bertz CT molecular complexity index is 477. The summed E-state index contributed by atoms with van der Waals surface area (Å²) in [4.78, 5) is 0. The Hall–Kier alpha value is -1.74. The van der Waals surface area contributed by atoms with Crippen molar-refractivity contribution in [3.8, 4) is 0 Å². The second-order valence-corrected chi connectivity index (χ2v) is 4.43. The Morgan fingerprint density at radius 1 is 1.06 bits per heavy atom. The second-order valence-electron chi connectivity index (χ2n) is 4.43. The van der Waals surface area contributed by atoms with E-state index in [9.17, 15) is 0 Å². The molecule has 0 bridgehead atoms. The fourth-order valence-corrected chi connectivity index (χ4v) is 1.85. The van der Waals surface area contributed by atoms with Crippen molar-refractivity contribution in [2.45, 2.75) is 20.4 Å². The molecular formula is C15H20N2O. The minimum Gasteiger partial charge on any atom is -0.468 e. The van der Waals surface area contributed by atoms with Gasteiger partial charge in [-0.05, 0) is 43.2 Å². The van der Waals surface area contributed by atoms with Crippen molar-refractivity contribution >= 4 is 5.69 Å².